The van der Waals surface area contributed by atoms with Gasteiger partial charge in [0, 0.05) is 12.2 Å². The van der Waals surface area contributed by atoms with Crippen molar-refractivity contribution in [1.29, 1.82) is 0 Å². The number of nitrogens with one attached hydrogen (secondary N) is 1. The summed E-state index contributed by atoms with van der Waals surface area (Å²) < 4.78 is 0. The van der Waals surface area contributed by atoms with Crippen LogP contribution in [0.1, 0.15) is 0 Å². The van der Waals surface area contributed by atoms with Crippen molar-refractivity contribution in [3.8, 4) is 0 Å². The normalized spacial score (nSPS) is 10.4. The van der Waals surface area contributed by atoms with Gasteiger partial charge in [-0.05, 0) is 12.1 Å². The first-order chi connectivity index (χ1) is 5.93. The van der Waals surface area contributed by atoms with Gasteiger partial charge in [-0.2, -0.15) is 0 Å². The van der Waals surface area contributed by atoms with E-state index < -0.39 is 0 Å². The average molecular weight is 163 g/mol. The molecule has 0 saturated carbocycles. The molecule has 64 valence electrons. The van der Waals surface area contributed by atoms with Crippen LogP contribution < -0.4 is 5.32 Å². The maximum Gasteiger partial charge on any atom is 0.0613 e. The van der Waals surface area contributed by atoms with Crippen LogP contribution in [0, 0.1) is 0 Å². The third-order valence-electron chi connectivity index (χ3n) is 1.47. The SMILES string of the molecule is OC/C=C/CNc1ccccc1. The highest BCUT2D eigenvalue weighted by Gasteiger charge is 1.83. The molecule has 0 saturated heterocycles. The topological polar surface area (TPSA) is 32.3 Å². The highest BCUT2D eigenvalue weighted by atomic mass is 16.2. The van der Waals surface area contributed by atoms with Crippen LogP contribution in [0.15, 0.2) is 42.5 Å². The first-order valence-corrected chi connectivity index (χ1v) is 3.98. The van der Waals surface area contributed by atoms with Crippen molar-refractivity contribution in [2.75, 3.05) is 18.5 Å². The van der Waals surface area contributed by atoms with Crippen LogP contribution in [-0.4, -0.2) is 18.3 Å². The smallest absolute Gasteiger partial charge is 0.0613 e. The maximum absolute atomic E-state index is 8.45. The lowest BCUT2D eigenvalue weighted by atomic mass is 10.3. The highest BCUT2D eigenvalue weighted by molar-refractivity contribution is 5.42. The number of benzene rings is 1. The van der Waals surface area contributed by atoms with Crippen molar-refractivity contribution in [2.24, 2.45) is 0 Å². The van der Waals surface area contributed by atoms with E-state index >= 15 is 0 Å². The fourth-order valence-corrected chi connectivity index (χ4v) is 0.891. The van der Waals surface area contributed by atoms with Gasteiger partial charge < -0.3 is 10.4 Å². The van der Waals surface area contributed by atoms with Gasteiger partial charge >= 0.3 is 0 Å². The highest BCUT2D eigenvalue weighted by Crippen LogP contribution is 2.03. The van der Waals surface area contributed by atoms with E-state index in [0.29, 0.717) is 0 Å². The van der Waals surface area contributed by atoms with E-state index in [2.05, 4.69) is 5.32 Å². The van der Waals surface area contributed by atoms with Crippen LogP contribution in [0.2, 0.25) is 0 Å². The number of rotatable bonds is 4. The Morgan fingerprint density at radius 1 is 1.17 bits per heavy atom. The van der Waals surface area contributed by atoms with Crippen LogP contribution in [0.5, 0.6) is 0 Å². The van der Waals surface area contributed by atoms with E-state index in [0.717, 1.165) is 12.2 Å². The first kappa shape index (κ1) is 8.81. The molecule has 0 aliphatic carbocycles. The van der Waals surface area contributed by atoms with Gasteiger partial charge in [0.05, 0.1) is 6.61 Å². The predicted octanol–water partition coefficient (Wildman–Crippen LogP) is 1.65. The van der Waals surface area contributed by atoms with E-state index in [4.69, 9.17) is 5.11 Å². The predicted molar refractivity (Wildman–Crippen MR) is 51.2 cm³/mol. The fraction of sp³-hybridized carbons (Fsp3) is 0.200. The fourth-order valence-electron chi connectivity index (χ4n) is 0.891. The summed E-state index contributed by atoms with van der Waals surface area (Å²) in [5.74, 6) is 0. The quantitative estimate of drug-likeness (QED) is 0.661. The summed E-state index contributed by atoms with van der Waals surface area (Å²) in [5.41, 5.74) is 1.10. The summed E-state index contributed by atoms with van der Waals surface area (Å²) in [4.78, 5) is 0. The van der Waals surface area contributed by atoms with Crippen LogP contribution in [0.3, 0.4) is 0 Å². The Kier molecular flexibility index (Phi) is 3.95. The molecule has 0 unspecified atom stereocenters. The molecular weight excluding hydrogens is 150 g/mol. The zero-order valence-electron chi connectivity index (χ0n) is 6.90. The van der Waals surface area contributed by atoms with Crippen molar-refractivity contribution < 1.29 is 5.11 Å². The van der Waals surface area contributed by atoms with Gasteiger partial charge in [-0.25, -0.2) is 0 Å². The van der Waals surface area contributed by atoms with Gasteiger partial charge in [0.25, 0.3) is 0 Å². The molecule has 0 spiro atoms. The molecule has 12 heavy (non-hydrogen) atoms. The van der Waals surface area contributed by atoms with E-state index in [1.165, 1.54) is 0 Å². The second kappa shape index (κ2) is 5.38. The molecule has 0 amide bonds. The molecule has 0 radical (unpaired) electrons. The largest absolute Gasteiger partial charge is 0.392 e. The molecule has 1 aromatic carbocycles. The van der Waals surface area contributed by atoms with Crippen LogP contribution in [0.25, 0.3) is 0 Å². The third-order valence-corrected chi connectivity index (χ3v) is 1.47. The summed E-state index contributed by atoms with van der Waals surface area (Å²) >= 11 is 0. The Morgan fingerprint density at radius 3 is 2.58 bits per heavy atom. The zero-order valence-corrected chi connectivity index (χ0v) is 6.90. The molecule has 0 aliphatic heterocycles. The lowest BCUT2D eigenvalue weighted by Crippen LogP contribution is -1.97. The average Bonchev–Trinajstić information content (AvgIpc) is 2.14. The Balaban J connectivity index is 2.29. The Morgan fingerprint density at radius 2 is 1.92 bits per heavy atom. The van der Waals surface area contributed by atoms with Crippen molar-refractivity contribution in [1.82, 2.24) is 0 Å². The molecule has 0 atom stereocenters. The number of anilines is 1. The van der Waals surface area contributed by atoms with E-state index in [1.54, 1.807) is 6.08 Å². The van der Waals surface area contributed by atoms with Crippen molar-refractivity contribution in [3.63, 3.8) is 0 Å². The summed E-state index contributed by atoms with van der Waals surface area (Å²) in [7, 11) is 0. The number of hydrogen-bond donors (Lipinski definition) is 2. The first-order valence-electron chi connectivity index (χ1n) is 3.98. The van der Waals surface area contributed by atoms with Gasteiger partial charge in [-0.1, -0.05) is 30.4 Å². The molecule has 0 aromatic heterocycles. The van der Waals surface area contributed by atoms with Crippen LogP contribution >= 0.6 is 0 Å². The minimum Gasteiger partial charge on any atom is -0.392 e. The van der Waals surface area contributed by atoms with Gasteiger partial charge in [-0.3, -0.25) is 0 Å². The maximum atomic E-state index is 8.45. The third kappa shape index (κ3) is 3.21. The summed E-state index contributed by atoms with van der Waals surface area (Å²) in [6.07, 6.45) is 3.61. The molecule has 0 fully saturated rings. The number of hydrogen-bond acceptors (Lipinski definition) is 2. The summed E-state index contributed by atoms with van der Waals surface area (Å²) in [5, 5.41) is 11.6. The van der Waals surface area contributed by atoms with E-state index in [9.17, 15) is 0 Å². The number of aliphatic hydroxyl groups is 1. The van der Waals surface area contributed by atoms with Gasteiger partial charge in [-0.15, -0.1) is 0 Å². The van der Waals surface area contributed by atoms with Gasteiger partial charge in [0.1, 0.15) is 0 Å². The molecule has 2 heteroatoms. The molecular formula is C10H13NO. The standard InChI is InChI=1S/C10H13NO/c12-9-5-4-8-11-10-6-2-1-3-7-10/h1-7,11-12H,8-9H2/b5-4+. The summed E-state index contributed by atoms with van der Waals surface area (Å²) in [6.45, 7) is 0.862. The zero-order chi connectivity index (χ0) is 8.65. The molecule has 0 heterocycles. The van der Waals surface area contributed by atoms with Crippen molar-refractivity contribution in [3.05, 3.63) is 42.5 Å². The monoisotopic (exact) mass is 163 g/mol. The second-order valence-corrected chi connectivity index (χ2v) is 2.40. The van der Waals surface area contributed by atoms with E-state index in [-0.39, 0.29) is 6.61 Å². The minimum absolute atomic E-state index is 0.108. The molecule has 2 N–H and O–H groups in total. The van der Waals surface area contributed by atoms with Crippen molar-refractivity contribution in [2.45, 2.75) is 0 Å². The van der Waals surface area contributed by atoms with Crippen molar-refractivity contribution >= 4 is 5.69 Å². The lowest BCUT2D eigenvalue weighted by molar-refractivity contribution is 0.342. The Labute approximate surface area is 72.5 Å². The van der Waals surface area contributed by atoms with E-state index in [1.807, 2.05) is 36.4 Å². The molecule has 0 bridgehead atoms. The molecule has 1 aromatic rings. The molecule has 0 aliphatic rings. The van der Waals surface area contributed by atoms with Crippen LogP contribution in [0.4, 0.5) is 5.69 Å². The van der Waals surface area contributed by atoms with Gasteiger partial charge in [0.2, 0.25) is 0 Å². The number of para-hydroxylation sites is 1. The van der Waals surface area contributed by atoms with Gasteiger partial charge in [0.15, 0.2) is 0 Å². The number of aliphatic hydroxyl groups excluding tert-OH is 1. The second-order valence-electron chi connectivity index (χ2n) is 2.40. The Hall–Kier alpha value is -1.28. The van der Waals surface area contributed by atoms with Crippen LogP contribution in [-0.2, 0) is 0 Å². The molecule has 2 nitrogen and oxygen atoms in total. The minimum atomic E-state index is 0.108. The molecule has 1 rings (SSSR count). The summed E-state index contributed by atoms with van der Waals surface area (Å²) in [6, 6.07) is 9.96. The lowest BCUT2D eigenvalue weighted by Gasteiger charge is -2.00. The Bertz CT molecular complexity index is 231.